The van der Waals surface area contributed by atoms with E-state index in [2.05, 4.69) is 9.97 Å². The first-order valence-corrected chi connectivity index (χ1v) is 4.33. The molecule has 0 aliphatic carbocycles. The number of aliphatic hydroxyl groups excluding tert-OH is 1. The van der Waals surface area contributed by atoms with Crippen LogP contribution in [0.2, 0.25) is 0 Å². The Hall–Kier alpha value is -1.00. The van der Waals surface area contributed by atoms with Crippen molar-refractivity contribution in [3.63, 3.8) is 0 Å². The molecule has 0 aliphatic rings. The first kappa shape index (κ1) is 10.1. The van der Waals surface area contributed by atoms with Gasteiger partial charge in [-0.05, 0) is 25.5 Å². The Labute approximate surface area is 77.8 Å². The summed E-state index contributed by atoms with van der Waals surface area (Å²) in [6.07, 6.45) is 1.05. The van der Waals surface area contributed by atoms with Gasteiger partial charge in [-0.2, -0.15) is 0 Å². The van der Waals surface area contributed by atoms with Gasteiger partial charge in [0.1, 0.15) is 5.82 Å². The predicted molar refractivity (Wildman–Crippen MR) is 49.9 cm³/mol. The van der Waals surface area contributed by atoms with Crippen molar-refractivity contribution in [2.24, 2.45) is 11.7 Å². The van der Waals surface area contributed by atoms with Gasteiger partial charge in [0.05, 0.1) is 11.8 Å². The Balaban J connectivity index is 2.82. The molecule has 2 unspecified atom stereocenters. The molecular weight excluding hydrogens is 166 g/mol. The van der Waals surface area contributed by atoms with Crippen molar-refractivity contribution in [1.82, 2.24) is 9.97 Å². The summed E-state index contributed by atoms with van der Waals surface area (Å²) in [5, 5.41) is 9.74. The monoisotopic (exact) mass is 181 g/mol. The highest BCUT2D eigenvalue weighted by Gasteiger charge is 2.15. The van der Waals surface area contributed by atoms with Crippen molar-refractivity contribution in [3.8, 4) is 0 Å². The minimum absolute atomic E-state index is 0.0225. The molecule has 3 N–H and O–H groups in total. The third-order valence-electron chi connectivity index (χ3n) is 2.01. The van der Waals surface area contributed by atoms with Gasteiger partial charge in [-0.25, -0.2) is 9.97 Å². The molecule has 1 aromatic rings. The third-order valence-corrected chi connectivity index (χ3v) is 2.01. The molecule has 4 nitrogen and oxygen atoms in total. The zero-order valence-electron chi connectivity index (χ0n) is 7.94. The number of nitrogens with two attached hydrogens (primary N) is 1. The molecule has 1 heterocycles. The molecule has 72 valence electrons. The molecule has 0 saturated carbocycles. The molecule has 0 amide bonds. The molecule has 13 heavy (non-hydrogen) atoms. The molecule has 0 bridgehead atoms. The van der Waals surface area contributed by atoms with Crippen molar-refractivity contribution in [3.05, 3.63) is 23.8 Å². The first-order valence-electron chi connectivity index (χ1n) is 4.33. The van der Waals surface area contributed by atoms with Gasteiger partial charge in [-0.3, -0.25) is 0 Å². The van der Waals surface area contributed by atoms with Gasteiger partial charge in [-0.15, -0.1) is 0 Å². The quantitative estimate of drug-likeness (QED) is 0.708. The number of aryl methyl sites for hydroxylation is 1. The Kier molecular flexibility index (Phi) is 3.33. The number of hydrogen-bond acceptors (Lipinski definition) is 4. The molecule has 0 radical (unpaired) electrons. The molecule has 0 aliphatic heterocycles. The van der Waals surface area contributed by atoms with E-state index in [1.807, 2.05) is 6.92 Å². The van der Waals surface area contributed by atoms with Crippen LogP contribution in [0.15, 0.2) is 12.3 Å². The molecule has 4 heteroatoms. The van der Waals surface area contributed by atoms with Gasteiger partial charge >= 0.3 is 0 Å². The van der Waals surface area contributed by atoms with E-state index in [4.69, 9.17) is 5.73 Å². The molecular formula is C9H15N3O. The lowest BCUT2D eigenvalue weighted by Crippen LogP contribution is -2.19. The molecule has 0 spiro atoms. The summed E-state index contributed by atoms with van der Waals surface area (Å²) < 4.78 is 0. The van der Waals surface area contributed by atoms with E-state index in [1.165, 1.54) is 0 Å². The van der Waals surface area contributed by atoms with Crippen molar-refractivity contribution in [2.75, 3.05) is 6.54 Å². The van der Waals surface area contributed by atoms with Crippen molar-refractivity contribution in [1.29, 1.82) is 0 Å². The van der Waals surface area contributed by atoms with Gasteiger partial charge < -0.3 is 10.8 Å². The summed E-state index contributed by atoms with van der Waals surface area (Å²) in [6.45, 7) is 4.13. The van der Waals surface area contributed by atoms with E-state index >= 15 is 0 Å². The molecule has 0 saturated heterocycles. The highest BCUT2D eigenvalue weighted by molar-refractivity contribution is 5.05. The minimum atomic E-state index is -0.591. The van der Waals surface area contributed by atoms with Crippen LogP contribution < -0.4 is 5.73 Å². The number of rotatable bonds is 3. The summed E-state index contributed by atoms with van der Waals surface area (Å²) in [7, 11) is 0. The van der Waals surface area contributed by atoms with E-state index in [0.29, 0.717) is 18.1 Å². The van der Waals surface area contributed by atoms with Gasteiger partial charge in [0.25, 0.3) is 0 Å². The maximum absolute atomic E-state index is 9.74. The SMILES string of the molecule is Cc1nccc(C(O)C(C)CN)n1. The van der Waals surface area contributed by atoms with Crippen LogP contribution in [0.3, 0.4) is 0 Å². The summed E-state index contributed by atoms with van der Waals surface area (Å²) in [5.41, 5.74) is 6.09. The maximum atomic E-state index is 9.74. The highest BCUT2D eigenvalue weighted by atomic mass is 16.3. The van der Waals surface area contributed by atoms with Crippen molar-refractivity contribution in [2.45, 2.75) is 20.0 Å². The average molecular weight is 181 g/mol. The minimum Gasteiger partial charge on any atom is -0.386 e. The molecule has 2 atom stereocenters. The molecule has 0 aromatic carbocycles. The van der Waals surface area contributed by atoms with Gasteiger partial charge in [0.2, 0.25) is 0 Å². The van der Waals surface area contributed by atoms with Gasteiger partial charge in [-0.1, -0.05) is 6.92 Å². The summed E-state index contributed by atoms with van der Waals surface area (Å²) in [6, 6.07) is 1.71. The van der Waals surface area contributed by atoms with Gasteiger partial charge in [0.15, 0.2) is 0 Å². The lowest BCUT2D eigenvalue weighted by Gasteiger charge is -2.16. The Morgan fingerprint density at radius 1 is 1.62 bits per heavy atom. The Morgan fingerprint density at radius 2 is 2.31 bits per heavy atom. The smallest absolute Gasteiger partial charge is 0.125 e. The fourth-order valence-corrected chi connectivity index (χ4v) is 1.06. The normalized spacial score (nSPS) is 15.4. The van der Waals surface area contributed by atoms with E-state index in [-0.39, 0.29) is 5.92 Å². The fraction of sp³-hybridized carbons (Fsp3) is 0.556. The lowest BCUT2D eigenvalue weighted by atomic mass is 10.0. The molecule has 1 aromatic heterocycles. The summed E-state index contributed by atoms with van der Waals surface area (Å²) in [4.78, 5) is 8.08. The average Bonchev–Trinajstić information content (AvgIpc) is 2.15. The van der Waals surface area contributed by atoms with E-state index < -0.39 is 6.10 Å². The number of hydrogen-bond donors (Lipinski definition) is 2. The summed E-state index contributed by atoms with van der Waals surface area (Å²) in [5.74, 6) is 0.690. The van der Waals surface area contributed by atoms with E-state index in [9.17, 15) is 5.11 Å². The third kappa shape index (κ3) is 2.47. The van der Waals surface area contributed by atoms with Crippen LogP contribution in [0.25, 0.3) is 0 Å². The Bertz CT molecular complexity index is 277. The standard InChI is InChI=1S/C9H15N3O/c1-6(5-10)9(13)8-3-4-11-7(2)12-8/h3-4,6,9,13H,5,10H2,1-2H3. The van der Waals surface area contributed by atoms with E-state index in [1.54, 1.807) is 19.2 Å². The largest absolute Gasteiger partial charge is 0.386 e. The second kappa shape index (κ2) is 4.30. The van der Waals surface area contributed by atoms with E-state index in [0.717, 1.165) is 0 Å². The van der Waals surface area contributed by atoms with Crippen LogP contribution in [-0.2, 0) is 0 Å². The molecule has 0 fully saturated rings. The predicted octanol–water partition coefficient (Wildman–Crippen LogP) is 0.413. The van der Waals surface area contributed by atoms with Crippen molar-refractivity contribution < 1.29 is 5.11 Å². The second-order valence-corrected chi connectivity index (χ2v) is 3.19. The van der Waals surface area contributed by atoms with Crippen LogP contribution in [0.1, 0.15) is 24.5 Å². The second-order valence-electron chi connectivity index (χ2n) is 3.19. The van der Waals surface area contributed by atoms with Crippen LogP contribution in [0.4, 0.5) is 0 Å². The number of aliphatic hydroxyl groups is 1. The molecule has 1 rings (SSSR count). The van der Waals surface area contributed by atoms with Crippen LogP contribution in [-0.4, -0.2) is 21.6 Å². The van der Waals surface area contributed by atoms with Crippen LogP contribution in [0, 0.1) is 12.8 Å². The topological polar surface area (TPSA) is 72.0 Å². The summed E-state index contributed by atoms with van der Waals surface area (Å²) >= 11 is 0. The Morgan fingerprint density at radius 3 is 2.85 bits per heavy atom. The van der Waals surface area contributed by atoms with Gasteiger partial charge in [0, 0.05) is 6.20 Å². The highest BCUT2D eigenvalue weighted by Crippen LogP contribution is 2.18. The number of aromatic nitrogens is 2. The van der Waals surface area contributed by atoms with Crippen LogP contribution >= 0.6 is 0 Å². The van der Waals surface area contributed by atoms with Crippen LogP contribution in [0.5, 0.6) is 0 Å². The first-order chi connectivity index (χ1) is 6.15. The zero-order valence-corrected chi connectivity index (χ0v) is 7.94. The zero-order chi connectivity index (χ0) is 9.84. The number of nitrogens with zero attached hydrogens (tertiary/aromatic N) is 2. The fourth-order valence-electron chi connectivity index (χ4n) is 1.06. The van der Waals surface area contributed by atoms with Crippen molar-refractivity contribution >= 4 is 0 Å². The maximum Gasteiger partial charge on any atom is 0.125 e. The lowest BCUT2D eigenvalue weighted by molar-refractivity contribution is 0.117.